The first-order valence-electron chi connectivity index (χ1n) is 13.6. The van der Waals surface area contributed by atoms with E-state index in [1.807, 2.05) is 27.7 Å². The van der Waals surface area contributed by atoms with E-state index in [1.165, 1.54) is 17.0 Å². The van der Waals surface area contributed by atoms with Gasteiger partial charge in [-0.2, -0.15) is 0 Å². The Bertz CT molecular complexity index is 1480. The number of carbonyl (C=O) groups excluding carboxylic acids is 2. The average molecular weight is 619 g/mol. The molecule has 2 amide bonds. The Labute approximate surface area is 253 Å². The Morgan fingerprint density at radius 3 is 2.12 bits per heavy atom. The summed E-state index contributed by atoms with van der Waals surface area (Å²) in [6.45, 7) is 8.71. The molecule has 0 saturated carbocycles. The van der Waals surface area contributed by atoms with Crippen molar-refractivity contribution >= 4 is 50.7 Å². The monoisotopic (exact) mass is 617 g/mol. The predicted octanol–water partition coefficient (Wildman–Crippen LogP) is 6.53. The largest absolute Gasteiger partial charge is 0.352 e. The summed E-state index contributed by atoms with van der Waals surface area (Å²) in [5.74, 6) is -0.861. The molecule has 0 unspecified atom stereocenters. The van der Waals surface area contributed by atoms with Crippen molar-refractivity contribution < 1.29 is 18.0 Å². The van der Waals surface area contributed by atoms with Gasteiger partial charge in [0.2, 0.25) is 11.8 Å². The molecule has 7 nitrogen and oxygen atoms in total. The van der Waals surface area contributed by atoms with Gasteiger partial charge in [-0.3, -0.25) is 13.9 Å². The Morgan fingerprint density at radius 2 is 1.51 bits per heavy atom. The van der Waals surface area contributed by atoms with Gasteiger partial charge in [0.15, 0.2) is 0 Å². The maximum atomic E-state index is 14.2. The van der Waals surface area contributed by atoms with E-state index >= 15 is 0 Å². The molecule has 0 bridgehead atoms. The first-order valence-corrected chi connectivity index (χ1v) is 15.8. The van der Waals surface area contributed by atoms with E-state index in [4.69, 9.17) is 23.2 Å². The number of aryl methyl sites for hydroxylation is 1. The van der Waals surface area contributed by atoms with E-state index in [0.29, 0.717) is 27.6 Å². The molecule has 0 aliphatic rings. The molecule has 0 radical (unpaired) electrons. The molecule has 0 aromatic heterocycles. The van der Waals surface area contributed by atoms with Crippen molar-refractivity contribution in [3.8, 4) is 0 Å². The summed E-state index contributed by atoms with van der Waals surface area (Å²) >= 11 is 12.8. The van der Waals surface area contributed by atoms with Crippen LogP contribution in [0.1, 0.15) is 50.3 Å². The molecular weight excluding hydrogens is 581 g/mol. The quantitative estimate of drug-likeness (QED) is 0.250. The molecule has 0 fully saturated rings. The topological polar surface area (TPSA) is 86.8 Å². The highest BCUT2D eigenvalue weighted by molar-refractivity contribution is 7.92. The molecule has 0 aliphatic carbocycles. The molecule has 3 aromatic carbocycles. The first-order chi connectivity index (χ1) is 19.4. The van der Waals surface area contributed by atoms with Crippen LogP contribution < -0.4 is 9.62 Å². The van der Waals surface area contributed by atoms with Crippen molar-refractivity contribution in [2.45, 2.75) is 71.0 Å². The molecule has 3 aromatic rings. The summed E-state index contributed by atoms with van der Waals surface area (Å²) in [5, 5.41) is 3.77. The molecule has 0 aliphatic heterocycles. The maximum Gasteiger partial charge on any atom is 0.264 e. The van der Waals surface area contributed by atoms with Gasteiger partial charge in [-0.15, -0.1) is 0 Å². The standard InChI is InChI=1S/C31H37Cl2N3O4S/c1-6-22(4)34-31(38)28(7-2)35(19-24-11-8-9-12-27(24)33)30(37)20-36(29-14-10-13-26(32)23(29)5)41(39,40)25-17-15-21(3)16-18-25/h8-18,22,28H,6-7,19-20H2,1-5H3,(H,34,38)/t22-,28-/m1/s1. The van der Waals surface area contributed by atoms with E-state index in [1.54, 1.807) is 61.5 Å². The fraction of sp³-hybridized carbons (Fsp3) is 0.355. The summed E-state index contributed by atoms with van der Waals surface area (Å²) in [4.78, 5) is 29.0. The number of carbonyl (C=O) groups is 2. The van der Waals surface area contributed by atoms with Gasteiger partial charge < -0.3 is 10.2 Å². The molecule has 220 valence electrons. The van der Waals surface area contributed by atoms with Gasteiger partial charge in [0, 0.05) is 22.6 Å². The zero-order valence-corrected chi connectivity index (χ0v) is 26.4. The van der Waals surface area contributed by atoms with Crippen molar-refractivity contribution in [3.63, 3.8) is 0 Å². The van der Waals surface area contributed by atoms with Crippen LogP contribution in [0.5, 0.6) is 0 Å². The zero-order valence-electron chi connectivity index (χ0n) is 24.0. The molecule has 0 spiro atoms. The number of sulfonamides is 1. The number of hydrogen-bond acceptors (Lipinski definition) is 4. The highest BCUT2D eigenvalue weighted by atomic mass is 35.5. The predicted molar refractivity (Wildman–Crippen MR) is 166 cm³/mol. The number of nitrogens with zero attached hydrogens (tertiary/aromatic N) is 2. The van der Waals surface area contributed by atoms with Crippen LogP contribution in [-0.2, 0) is 26.2 Å². The minimum Gasteiger partial charge on any atom is -0.352 e. The molecule has 1 N–H and O–H groups in total. The van der Waals surface area contributed by atoms with Crippen molar-refractivity contribution in [3.05, 3.63) is 93.5 Å². The van der Waals surface area contributed by atoms with Crippen LogP contribution in [0.2, 0.25) is 10.0 Å². The van der Waals surface area contributed by atoms with Crippen LogP contribution in [0.4, 0.5) is 5.69 Å². The normalized spacial score (nSPS) is 12.9. The second kappa shape index (κ2) is 14.2. The second-order valence-electron chi connectivity index (χ2n) is 10.1. The lowest BCUT2D eigenvalue weighted by atomic mass is 10.1. The number of hydrogen-bond donors (Lipinski definition) is 1. The van der Waals surface area contributed by atoms with E-state index in [9.17, 15) is 18.0 Å². The Balaban J connectivity index is 2.11. The molecule has 3 rings (SSSR count). The molecule has 0 saturated heterocycles. The summed E-state index contributed by atoms with van der Waals surface area (Å²) in [7, 11) is -4.19. The molecule has 0 heterocycles. The van der Waals surface area contributed by atoms with Gasteiger partial charge in [0.05, 0.1) is 10.6 Å². The Kier molecular flexibility index (Phi) is 11.2. The number of rotatable bonds is 12. The van der Waals surface area contributed by atoms with Gasteiger partial charge in [-0.25, -0.2) is 8.42 Å². The number of benzene rings is 3. The minimum absolute atomic E-state index is 0.0257. The van der Waals surface area contributed by atoms with Crippen LogP contribution in [0.3, 0.4) is 0 Å². The fourth-order valence-electron chi connectivity index (χ4n) is 4.39. The van der Waals surface area contributed by atoms with Crippen LogP contribution in [0.15, 0.2) is 71.6 Å². The summed E-state index contributed by atoms with van der Waals surface area (Å²) < 4.78 is 29.2. The Morgan fingerprint density at radius 1 is 0.878 bits per heavy atom. The Hall–Kier alpha value is -3.07. The molecular formula is C31H37Cl2N3O4S. The summed E-state index contributed by atoms with van der Waals surface area (Å²) in [6, 6.07) is 17.5. The average Bonchev–Trinajstić information content (AvgIpc) is 2.94. The third kappa shape index (κ3) is 7.82. The maximum absolute atomic E-state index is 14.2. The number of nitrogens with one attached hydrogen (secondary N) is 1. The first kappa shape index (κ1) is 32.4. The lowest BCUT2D eigenvalue weighted by Gasteiger charge is -2.34. The number of amides is 2. The number of anilines is 1. The van der Waals surface area contributed by atoms with E-state index < -0.39 is 28.5 Å². The minimum atomic E-state index is -4.19. The van der Waals surface area contributed by atoms with Crippen LogP contribution in [-0.4, -0.2) is 43.8 Å². The van der Waals surface area contributed by atoms with Crippen molar-refractivity contribution in [1.29, 1.82) is 0 Å². The van der Waals surface area contributed by atoms with Crippen LogP contribution >= 0.6 is 23.2 Å². The lowest BCUT2D eigenvalue weighted by molar-refractivity contribution is -0.140. The van der Waals surface area contributed by atoms with Crippen molar-refractivity contribution in [1.82, 2.24) is 10.2 Å². The molecule has 2 atom stereocenters. The van der Waals surface area contributed by atoms with Crippen LogP contribution in [0.25, 0.3) is 0 Å². The van der Waals surface area contributed by atoms with E-state index in [2.05, 4.69) is 5.32 Å². The zero-order chi connectivity index (χ0) is 30.3. The lowest BCUT2D eigenvalue weighted by Crippen LogP contribution is -2.53. The van der Waals surface area contributed by atoms with E-state index in [0.717, 1.165) is 16.3 Å². The summed E-state index contributed by atoms with van der Waals surface area (Å²) in [6.07, 6.45) is 1.04. The smallest absolute Gasteiger partial charge is 0.264 e. The van der Waals surface area contributed by atoms with Crippen LogP contribution in [0, 0.1) is 13.8 Å². The van der Waals surface area contributed by atoms with E-state index in [-0.39, 0.29) is 29.1 Å². The third-order valence-corrected chi connectivity index (χ3v) is 9.63. The summed E-state index contributed by atoms with van der Waals surface area (Å²) in [5.41, 5.74) is 2.33. The van der Waals surface area contributed by atoms with Gasteiger partial charge in [0.1, 0.15) is 12.6 Å². The third-order valence-electron chi connectivity index (χ3n) is 7.08. The fourth-order valence-corrected chi connectivity index (χ4v) is 6.22. The van der Waals surface area contributed by atoms with Gasteiger partial charge in [-0.1, -0.05) is 79.0 Å². The highest BCUT2D eigenvalue weighted by Gasteiger charge is 2.34. The number of halogens is 2. The van der Waals surface area contributed by atoms with Crippen molar-refractivity contribution in [2.24, 2.45) is 0 Å². The van der Waals surface area contributed by atoms with Gasteiger partial charge >= 0.3 is 0 Å². The second-order valence-corrected chi connectivity index (χ2v) is 12.7. The highest BCUT2D eigenvalue weighted by Crippen LogP contribution is 2.31. The molecule has 10 heteroatoms. The molecule has 41 heavy (non-hydrogen) atoms. The van der Waals surface area contributed by atoms with Crippen molar-refractivity contribution in [2.75, 3.05) is 10.8 Å². The SMILES string of the molecule is CC[C@@H](C)NC(=O)[C@@H](CC)N(Cc1ccccc1Cl)C(=O)CN(c1cccc(Cl)c1C)S(=O)(=O)c1ccc(C)cc1. The van der Waals surface area contributed by atoms with Gasteiger partial charge in [0.25, 0.3) is 10.0 Å². The van der Waals surface area contributed by atoms with Gasteiger partial charge in [-0.05, 0) is 75.1 Å².